The lowest BCUT2D eigenvalue weighted by Gasteiger charge is -2.34. The van der Waals surface area contributed by atoms with Crippen LogP contribution >= 0.6 is 0 Å². The van der Waals surface area contributed by atoms with E-state index in [4.69, 9.17) is 0 Å². The van der Waals surface area contributed by atoms with Gasteiger partial charge in [-0.3, -0.25) is 4.79 Å². The van der Waals surface area contributed by atoms with Gasteiger partial charge in [0.25, 0.3) is 5.56 Å². The Morgan fingerprint density at radius 2 is 1.92 bits per heavy atom. The Balaban J connectivity index is 1.51. The first-order chi connectivity index (χ1) is 12.7. The Kier molecular flexibility index (Phi) is 4.50. The zero-order valence-corrected chi connectivity index (χ0v) is 14.7. The summed E-state index contributed by atoms with van der Waals surface area (Å²) in [6, 6.07) is 10.8. The number of anilines is 1. The molecule has 2 aromatic rings. The molecule has 134 valence electrons. The molecular weight excluding hydrogens is 329 g/mol. The molecule has 0 N–H and O–H groups in total. The summed E-state index contributed by atoms with van der Waals surface area (Å²) < 4.78 is 15.1. The fourth-order valence-electron chi connectivity index (χ4n) is 3.87. The molecule has 1 aliphatic carbocycles. The van der Waals surface area contributed by atoms with Gasteiger partial charge in [-0.2, -0.15) is 5.26 Å². The number of hydrogen-bond acceptors (Lipinski definition) is 3. The summed E-state index contributed by atoms with van der Waals surface area (Å²) in [7, 11) is 0. The highest BCUT2D eigenvalue weighted by atomic mass is 19.1. The standard InChI is InChI=1S/C21H22FN3O/c22-18-3-1-2-17(12-18)16-6-9-24(10-7-16)20-8-11-25(14-15-4-5-15)21(26)19(20)13-23/h1-3,8,11-12,15-16H,4-7,9-10,14H2. The summed E-state index contributed by atoms with van der Waals surface area (Å²) in [5.41, 5.74) is 1.84. The fraction of sp³-hybridized carbons (Fsp3) is 0.429. The van der Waals surface area contributed by atoms with Gasteiger partial charge in [0, 0.05) is 25.8 Å². The van der Waals surface area contributed by atoms with Crippen LogP contribution < -0.4 is 10.5 Å². The molecule has 0 atom stereocenters. The molecule has 2 aliphatic rings. The number of halogens is 1. The molecule has 0 radical (unpaired) electrons. The number of benzene rings is 1. The third kappa shape index (κ3) is 3.37. The first kappa shape index (κ1) is 16.8. The van der Waals surface area contributed by atoms with Gasteiger partial charge >= 0.3 is 0 Å². The Labute approximate surface area is 152 Å². The average Bonchev–Trinajstić information content (AvgIpc) is 3.47. The minimum absolute atomic E-state index is 0.177. The third-order valence-corrected chi connectivity index (χ3v) is 5.56. The van der Waals surface area contributed by atoms with E-state index >= 15 is 0 Å². The van der Waals surface area contributed by atoms with Crippen molar-refractivity contribution in [1.29, 1.82) is 5.26 Å². The molecule has 1 saturated carbocycles. The summed E-state index contributed by atoms with van der Waals surface area (Å²) in [5.74, 6) is 0.714. The second-order valence-corrected chi connectivity index (χ2v) is 7.40. The van der Waals surface area contributed by atoms with Crippen molar-refractivity contribution in [3.63, 3.8) is 0 Å². The zero-order chi connectivity index (χ0) is 18.1. The lowest BCUT2D eigenvalue weighted by Crippen LogP contribution is -2.35. The van der Waals surface area contributed by atoms with Crippen LogP contribution in [0.1, 0.15) is 42.7 Å². The van der Waals surface area contributed by atoms with Gasteiger partial charge in [-0.25, -0.2) is 4.39 Å². The second kappa shape index (κ2) is 6.95. The van der Waals surface area contributed by atoms with Crippen LogP contribution in [0.25, 0.3) is 0 Å². The Bertz CT molecular complexity index is 902. The van der Waals surface area contributed by atoms with Crippen LogP contribution in [0.15, 0.2) is 41.3 Å². The Hall–Kier alpha value is -2.61. The molecular formula is C21H22FN3O. The van der Waals surface area contributed by atoms with Crippen molar-refractivity contribution in [3.8, 4) is 6.07 Å². The van der Waals surface area contributed by atoms with Crippen molar-refractivity contribution >= 4 is 5.69 Å². The Morgan fingerprint density at radius 3 is 2.58 bits per heavy atom. The molecule has 26 heavy (non-hydrogen) atoms. The average molecular weight is 351 g/mol. The van der Waals surface area contributed by atoms with Crippen LogP contribution in [0.2, 0.25) is 0 Å². The van der Waals surface area contributed by atoms with E-state index in [2.05, 4.69) is 11.0 Å². The van der Waals surface area contributed by atoms with E-state index in [9.17, 15) is 14.4 Å². The van der Waals surface area contributed by atoms with E-state index in [1.165, 1.54) is 18.9 Å². The van der Waals surface area contributed by atoms with Gasteiger partial charge in [-0.1, -0.05) is 12.1 Å². The summed E-state index contributed by atoms with van der Waals surface area (Å²) in [5, 5.41) is 9.53. The smallest absolute Gasteiger partial charge is 0.270 e. The second-order valence-electron chi connectivity index (χ2n) is 7.40. The van der Waals surface area contributed by atoms with Crippen LogP contribution in [0.3, 0.4) is 0 Å². The molecule has 1 aliphatic heterocycles. The number of hydrogen-bond donors (Lipinski definition) is 0. The SMILES string of the molecule is N#Cc1c(N2CCC(c3cccc(F)c3)CC2)ccn(CC2CC2)c1=O. The van der Waals surface area contributed by atoms with Crippen LogP contribution in [0.5, 0.6) is 0 Å². The van der Waals surface area contributed by atoms with Crippen molar-refractivity contribution in [2.75, 3.05) is 18.0 Å². The molecule has 2 fully saturated rings. The summed E-state index contributed by atoms with van der Waals surface area (Å²) in [6.45, 7) is 2.25. The molecule has 1 aromatic heterocycles. The first-order valence-corrected chi connectivity index (χ1v) is 9.29. The number of rotatable bonds is 4. The quantitative estimate of drug-likeness (QED) is 0.845. The molecule has 4 rings (SSSR count). The highest BCUT2D eigenvalue weighted by Crippen LogP contribution is 2.32. The molecule has 0 bridgehead atoms. The van der Waals surface area contributed by atoms with E-state index in [1.54, 1.807) is 16.7 Å². The van der Waals surface area contributed by atoms with Gasteiger partial charge in [0.15, 0.2) is 0 Å². The molecule has 5 heteroatoms. The largest absolute Gasteiger partial charge is 0.370 e. The number of aromatic nitrogens is 1. The fourth-order valence-corrected chi connectivity index (χ4v) is 3.87. The Morgan fingerprint density at radius 1 is 1.15 bits per heavy atom. The van der Waals surface area contributed by atoms with Crippen molar-refractivity contribution in [2.45, 2.75) is 38.1 Å². The summed E-state index contributed by atoms with van der Waals surface area (Å²) >= 11 is 0. The highest BCUT2D eigenvalue weighted by Gasteiger charge is 2.26. The van der Waals surface area contributed by atoms with Crippen LogP contribution in [0.4, 0.5) is 10.1 Å². The van der Waals surface area contributed by atoms with E-state index in [-0.39, 0.29) is 16.9 Å². The van der Waals surface area contributed by atoms with Crippen LogP contribution in [0, 0.1) is 23.1 Å². The summed E-state index contributed by atoms with van der Waals surface area (Å²) in [4.78, 5) is 14.7. The topological polar surface area (TPSA) is 49.0 Å². The number of nitrogens with zero attached hydrogens (tertiary/aromatic N) is 3. The minimum Gasteiger partial charge on any atom is -0.370 e. The predicted molar refractivity (Wildman–Crippen MR) is 98.7 cm³/mol. The molecule has 0 unspecified atom stereocenters. The van der Waals surface area contributed by atoms with Gasteiger partial charge in [0.05, 0.1) is 5.69 Å². The number of nitriles is 1. The maximum atomic E-state index is 13.5. The van der Waals surface area contributed by atoms with E-state index < -0.39 is 0 Å². The molecule has 0 spiro atoms. The normalized spacial score (nSPS) is 17.9. The van der Waals surface area contributed by atoms with Crippen molar-refractivity contribution in [3.05, 3.63) is 63.8 Å². The van der Waals surface area contributed by atoms with Gasteiger partial charge in [0.1, 0.15) is 17.4 Å². The van der Waals surface area contributed by atoms with Crippen molar-refractivity contribution in [2.24, 2.45) is 5.92 Å². The predicted octanol–water partition coefficient (Wildman–Crippen LogP) is 3.65. The van der Waals surface area contributed by atoms with Crippen molar-refractivity contribution < 1.29 is 4.39 Å². The molecule has 1 saturated heterocycles. The minimum atomic E-state index is -0.198. The molecule has 1 aromatic carbocycles. The van der Waals surface area contributed by atoms with Gasteiger partial charge in [0.2, 0.25) is 0 Å². The molecule has 4 nitrogen and oxygen atoms in total. The maximum Gasteiger partial charge on any atom is 0.270 e. The van der Waals surface area contributed by atoms with Gasteiger partial charge < -0.3 is 9.47 Å². The summed E-state index contributed by atoms with van der Waals surface area (Å²) in [6.07, 6.45) is 5.95. The lowest BCUT2D eigenvalue weighted by molar-refractivity contribution is 0.501. The number of piperidine rings is 1. The van der Waals surface area contributed by atoms with E-state index in [1.807, 2.05) is 18.3 Å². The third-order valence-electron chi connectivity index (χ3n) is 5.56. The first-order valence-electron chi connectivity index (χ1n) is 9.29. The maximum absolute atomic E-state index is 13.5. The van der Waals surface area contributed by atoms with E-state index in [0.717, 1.165) is 43.7 Å². The highest BCUT2D eigenvalue weighted by molar-refractivity contribution is 5.58. The van der Waals surface area contributed by atoms with Crippen LogP contribution in [-0.4, -0.2) is 17.7 Å². The molecule has 2 heterocycles. The van der Waals surface area contributed by atoms with Gasteiger partial charge in [-0.05, 0) is 61.3 Å². The number of pyridine rings is 1. The van der Waals surface area contributed by atoms with Gasteiger partial charge in [-0.15, -0.1) is 0 Å². The van der Waals surface area contributed by atoms with Crippen LogP contribution in [-0.2, 0) is 6.54 Å². The van der Waals surface area contributed by atoms with Crippen molar-refractivity contribution in [1.82, 2.24) is 4.57 Å². The van der Waals surface area contributed by atoms with E-state index in [0.29, 0.717) is 11.8 Å². The lowest BCUT2D eigenvalue weighted by atomic mass is 9.89. The zero-order valence-electron chi connectivity index (χ0n) is 14.7. The monoisotopic (exact) mass is 351 g/mol. The molecule has 0 amide bonds.